The van der Waals surface area contributed by atoms with Crippen LogP contribution in [0.15, 0.2) is 11.4 Å². The summed E-state index contributed by atoms with van der Waals surface area (Å²) in [4.78, 5) is 4.64. The van der Waals surface area contributed by atoms with Crippen LogP contribution in [0.4, 0.5) is 0 Å². The molecule has 2 heterocycles. The Balaban J connectivity index is 2.00. The van der Waals surface area contributed by atoms with Gasteiger partial charge in [0.05, 0.1) is 4.99 Å². The largest absolute Gasteiger partial charge is 0.393 e. The number of nitrogens with zero attached hydrogens (tertiary/aromatic N) is 1. The molecule has 2 rings (SSSR count). The van der Waals surface area contributed by atoms with E-state index in [4.69, 9.17) is 18.0 Å². The average Bonchev–Trinajstić information content (AvgIpc) is 2.62. The summed E-state index contributed by atoms with van der Waals surface area (Å²) >= 11 is 6.83. The van der Waals surface area contributed by atoms with Crippen LogP contribution in [-0.4, -0.2) is 22.5 Å². The van der Waals surface area contributed by atoms with E-state index in [0.717, 1.165) is 19.5 Å². The van der Waals surface area contributed by atoms with Crippen molar-refractivity contribution in [3.8, 4) is 0 Å². The van der Waals surface area contributed by atoms with Crippen LogP contribution in [0.2, 0.25) is 0 Å². The molecule has 0 bridgehead atoms. The van der Waals surface area contributed by atoms with Crippen LogP contribution in [0.1, 0.15) is 23.8 Å². The molecule has 0 saturated carbocycles. The van der Waals surface area contributed by atoms with Gasteiger partial charge in [-0.25, -0.2) is 0 Å². The first kappa shape index (κ1) is 11.0. The smallest absolute Gasteiger partial charge is 0.0742 e. The van der Waals surface area contributed by atoms with Crippen molar-refractivity contribution in [2.45, 2.75) is 32.4 Å². The molecule has 1 aromatic heterocycles. The Bertz CT molecular complexity index is 359. The first-order valence-corrected chi connectivity index (χ1v) is 6.53. The third-order valence-corrected chi connectivity index (χ3v) is 4.15. The summed E-state index contributed by atoms with van der Waals surface area (Å²) in [6.45, 7) is 4.40. The summed E-state index contributed by atoms with van der Waals surface area (Å²) in [7, 11) is 0. The van der Waals surface area contributed by atoms with Crippen molar-refractivity contribution < 1.29 is 0 Å². The average molecular weight is 240 g/mol. The zero-order valence-electron chi connectivity index (χ0n) is 8.90. The normalized spacial score (nSPS) is 18.5. The van der Waals surface area contributed by atoms with E-state index in [9.17, 15) is 0 Å². The standard InChI is InChI=1S/C11H16N2S2/c1-8(6-11(12)14)13-4-2-10-9(7-13)3-5-15-10/h3,5,8H,2,4,6-7H2,1H3,(H2,12,14). The number of hydrogen-bond donors (Lipinski definition) is 1. The second-order valence-corrected chi connectivity index (χ2v) is 5.63. The highest BCUT2D eigenvalue weighted by atomic mass is 32.1. The van der Waals surface area contributed by atoms with E-state index in [1.165, 1.54) is 12.0 Å². The van der Waals surface area contributed by atoms with Gasteiger partial charge in [0.25, 0.3) is 0 Å². The van der Waals surface area contributed by atoms with Crippen molar-refractivity contribution in [2.75, 3.05) is 6.54 Å². The van der Waals surface area contributed by atoms with Crippen molar-refractivity contribution in [3.05, 3.63) is 21.9 Å². The summed E-state index contributed by atoms with van der Waals surface area (Å²) in [5.41, 5.74) is 7.07. The van der Waals surface area contributed by atoms with Crippen LogP contribution in [0, 0.1) is 0 Å². The molecule has 0 spiro atoms. The molecule has 15 heavy (non-hydrogen) atoms. The maximum Gasteiger partial charge on any atom is 0.0742 e. The molecule has 1 unspecified atom stereocenters. The van der Waals surface area contributed by atoms with Gasteiger partial charge in [0, 0.05) is 30.4 Å². The van der Waals surface area contributed by atoms with Gasteiger partial charge in [0.1, 0.15) is 0 Å². The fraction of sp³-hybridized carbons (Fsp3) is 0.545. The van der Waals surface area contributed by atoms with Crippen molar-refractivity contribution in [3.63, 3.8) is 0 Å². The molecule has 1 aliphatic rings. The van der Waals surface area contributed by atoms with Gasteiger partial charge in [-0.3, -0.25) is 4.90 Å². The van der Waals surface area contributed by atoms with Crippen LogP contribution in [0.25, 0.3) is 0 Å². The molecule has 0 saturated heterocycles. The molecule has 0 aromatic carbocycles. The van der Waals surface area contributed by atoms with Crippen LogP contribution in [0.3, 0.4) is 0 Å². The highest BCUT2D eigenvalue weighted by Gasteiger charge is 2.21. The van der Waals surface area contributed by atoms with E-state index in [0.29, 0.717) is 11.0 Å². The molecule has 1 atom stereocenters. The molecular formula is C11H16N2S2. The molecule has 0 radical (unpaired) electrons. The van der Waals surface area contributed by atoms with Crippen LogP contribution < -0.4 is 5.73 Å². The lowest BCUT2D eigenvalue weighted by Gasteiger charge is -2.32. The lowest BCUT2D eigenvalue weighted by molar-refractivity contribution is 0.196. The molecule has 1 aliphatic heterocycles. The van der Waals surface area contributed by atoms with Gasteiger partial charge in [-0.1, -0.05) is 12.2 Å². The van der Waals surface area contributed by atoms with E-state index >= 15 is 0 Å². The van der Waals surface area contributed by atoms with E-state index < -0.39 is 0 Å². The molecule has 2 nitrogen and oxygen atoms in total. The molecule has 2 N–H and O–H groups in total. The van der Waals surface area contributed by atoms with Gasteiger partial charge in [-0.05, 0) is 30.4 Å². The Labute approximate surface area is 100 Å². The highest BCUT2D eigenvalue weighted by Crippen LogP contribution is 2.25. The van der Waals surface area contributed by atoms with Gasteiger partial charge < -0.3 is 5.73 Å². The monoisotopic (exact) mass is 240 g/mol. The van der Waals surface area contributed by atoms with E-state index in [1.807, 2.05) is 11.3 Å². The molecular weight excluding hydrogens is 224 g/mol. The summed E-state index contributed by atoms with van der Waals surface area (Å²) in [6, 6.07) is 2.70. The summed E-state index contributed by atoms with van der Waals surface area (Å²) < 4.78 is 0. The SMILES string of the molecule is CC(CC(N)=S)N1CCc2sccc2C1. The predicted molar refractivity (Wildman–Crippen MR) is 69.3 cm³/mol. The highest BCUT2D eigenvalue weighted by molar-refractivity contribution is 7.80. The minimum atomic E-state index is 0.468. The van der Waals surface area contributed by atoms with Gasteiger partial charge in [0.15, 0.2) is 0 Å². The number of nitrogens with two attached hydrogens (primary N) is 1. The van der Waals surface area contributed by atoms with Crippen molar-refractivity contribution in [1.29, 1.82) is 0 Å². The van der Waals surface area contributed by atoms with Gasteiger partial charge in [-0.15, -0.1) is 11.3 Å². The first-order chi connectivity index (χ1) is 7.16. The van der Waals surface area contributed by atoms with Gasteiger partial charge in [-0.2, -0.15) is 0 Å². The lowest BCUT2D eigenvalue weighted by atomic mass is 10.1. The number of rotatable bonds is 3. The topological polar surface area (TPSA) is 29.3 Å². The van der Waals surface area contributed by atoms with E-state index in [1.54, 1.807) is 4.88 Å². The van der Waals surface area contributed by atoms with E-state index in [-0.39, 0.29) is 0 Å². The Morgan fingerprint density at radius 3 is 3.27 bits per heavy atom. The van der Waals surface area contributed by atoms with Crippen molar-refractivity contribution >= 4 is 28.5 Å². The maximum atomic E-state index is 5.58. The number of thiocarbonyl (C=S) groups is 1. The molecule has 1 aromatic rings. The minimum absolute atomic E-state index is 0.468. The van der Waals surface area contributed by atoms with Crippen molar-refractivity contribution in [2.24, 2.45) is 5.73 Å². The zero-order chi connectivity index (χ0) is 10.8. The quantitative estimate of drug-likeness (QED) is 0.821. The van der Waals surface area contributed by atoms with Gasteiger partial charge >= 0.3 is 0 Å². The van der Waals surface area contributed by atoms with Gasteiger partial charge in [0.2, 0.25) is 0 Å². The fourth-order valence-corrected chi connectivity index (χ4v) is 3.20. The zero-order valence-corrected chi connectivity index (χ0v) is 10.5. The number of fused-ring (bicyclic) bond motifs is 1. The molecule has 4 heteroatoms. The summed E-state index contributed by atoms with van der Waals surface area (Å²) in [6.07, 6.45) is 2.00. The Hall–Kier alpha value is -0.450. The Morgan fingerprint density at radius 1 is 1.73 bits per heavy atom. The molecule has 82 valence electrons. The third-order valence-electron chi connectivity index (χ3n) is 2.96. The van der Waals surface area contributed by atoms with Crippen LogP contribution in [-0.2, 0) is 13.0 Å². The summed E-state index contributed by atoms with van der Waals surface area (Å²) in [5, 5.41) is 2.19. The second kappa shape index (κ2) is 4.60. The minimum Gasteiger partial charge on any atom is -0.393 e. The fourth-order valence-electron chi connectivity index (χ4n) is 2.07. The number of thiophene rings is 1. The maximum absolute atomic E-state index is 5.58. The second-order valence-electron chi connectivity index (χ2n) is 4.11. The molecule has 0 aliphatic carbocycles. The van der Waals surface area contributed by atoms with Crippen molar-refractivity contribution in [1.82, 2.24) is 4.90 Å². The predicted octanol–water partition coefficient (Wildman–Crippen LogP) is 2.17. The van der Waals surface area contributed by atoms with Crippen LogP contribution >= 0.6 is 23.6 Å². The van der Waals surface area contributed by atoms with Crippen LogP contribution in [0.5, 0.6) is 0 Å². The summed E-state index contributed by atoms with van der Waals surface area (Å²) in [5.74, 6) is 0. The Kier molecular flexibility index (Phi) is 3.38. The molecule has 0 fully saturated rings. The van der Waals surface area contributed by atoms with E-state index in [2.05, 4.69) is 23.3 Å². The lowest BCUT2D eigenvalue weighted by Crippen LogP contribution is -2.38. The third kappa shape index (κ3) is 2.56. The molecule has 0 amide bonds. The Morgan fingerprint density at radius 2 is 2.53 bits per heavy atom. The first-order valence-electron chi connectivity index (χ1n) is 5.24. The number of hydrogen-bond acceptors (Lipinski definition) is 3.